The normalized spacial score (nSPS) is 29.9. The van der Waals surface area contributed by atoms with Crippen LogP contribution in [0.25, 0.3) is 0 Å². The number of carbonyl (C=O) groups excluding carboxylic acids is 5. The van der Waals surface area contributed by atoms with Crippen molar-refractivity contribution in [2.75, 3.05) is 20.2 Å². The molecule has 0 aromatic heterocycles. The third-order valence-electron chi connectivity index (χ3n) is 7.98. The van der Waals surface area contributed by atoms with Gasteiger partial charge >= 0.3 is 11.9 Å². The Hall–Kier alpha value is -2.99. The van der Waals surface area contributed by atoms with Gasteiger partial charge in [0.2, 0.25) is 11.8 Å². The highest BCUT2D eigenvalue weighted by Crippen LogP contribution is 2.43. The van der Waals surface area contributed by atoms with E-state index in [4.69, 9.17) is 15.2 Å². The number of carbonyl (C=O) groups is 5. The van der Waals surface area contributed by atoms with Crippen LogP contribution < -0.4 is 16.4 Å². The van der Waals surface area contributed by atoms with Gasteiger partial charge in [-0.2, -0.15) is 0 Å². The Morgan fingerprint density at radius 1 is 1.15 bits per heavy atom. The molecule has 6 atom stereocenters. The van der Waals surface area contributed by atoms with Gasteiger partial charge in [-0.15, -0.1) is 0 Å². The van der Waals surface area contributed by atoms with Crippen LogP contribution in [-0.2, 0) is 38.2 Å². The summed E-state index contributed by atoms with van der Waals surface area (Å²) in [6.07, 6.45) is 8.76. The number of esters is 2. The fourth-order valence-corrected chi connectivity index (χ4v) is 6.06. The number of rotatable bonds is 5. The second-order valence-corrected chi connectivity index (χ2v) is 11.8. The van der Waals surface area contributed by atoms with Crippen molar-refractivity contribution in [2.24, 2.45) is 11.7 Å². The monoisotopic (exact) mass is 578 g/mol. The number of nitrogens with two attached hydrogens (primary N) is 1. The van der Waals surface area contributed by atoms with Crippen LogP contribution in [0.4, 0.5) is 0 Å². The summed E-state index contributed by atoms with van der Waals surface area (Å²) in [6.45, 7) is 4.92. The maximum absolute atomic E-state index is 14.0. The molecule has 0 aromatic rings. The summed E-state index contributed by atoms with van der Waals surface area (Å²) in [5, 5.41) is 5.37. The molecule has 2 saturated heterocycles. The van der Waals surface area contributed by atoms with E-state index in [9.17, 15) is 24.0 Å². The van der Waals surface area contributed by atoms with E-state index in [0.29, 0.717) is 25.7 Å². The van der Waals surface area contributed by atoms with Gasteiger partial charge < -0.3 is 35.5 Å². The van der Waals surface area contributed by atoms with Crippen LogP contribution in [0.1, 0.15) is 78.6 Å². The van der Waals surface area contributed by atoms with Crippen molar-refractivity contribution in [1.29, 1.82) is 0 Å². The molecule has 0 aromatic carbocycles. The lowest BCUT2D eigenvalue weighted by molar-refractivity contribution is -0.157. The molecular weight excluding hydrogens is 532 g/mol. The van der Waals surface area contributed by atoms with Gasteiger partial charge in [-0.05, 0) is 58.8 Å². The zero-order valence-electron chi connectivity index (χ0n) is 24.7. The average Bonchev–Trinajstić information content (AvgIpc) is 3.40. The van der Waals surface area contributed by atoms with Gasteiger partial charge in [-0.3, -0.25) is 24.0 Å². The Balaban J connectivity index is 1.92. The van der Waals surface area contributed by atoms with E-state index in [0.717, 1.165) is 32.1 Å². The molecule has 3 rings (SSSR count). The van der Waals surface area contributed by atoms with Crippen molar-refractivity contribution in [2.45, 2.75) is 114 Å². The number of hydrogen-bond donors (Lipinski definition) is 3. The zero-order chi connectivity index (χ0) is 30.2. The fraction of sp³-hybridized carbons (Fsp3) is 0.759. The van der Waals surface area contributed by atoms with Crippen molar-refractivity contribution in [1.82, 2.24) is 15.5 Å². The minimum atomic E-state index is -1.39. The van der Waals surface area contributed by atoms with Crippen LogP contribution in [0.15, 0.2) is 12.2 Å². The van der Waals surface area contributed by atoms with E-state index >= 15 is 0 Å². The molecule has 3 aliphatic rings. The molecule has 41 heavy (non-hydrogen) atoms. The minimum absolute atomic E-state index is 0.249. The summed E-state index contributed by atoms with van der Waals surface area (Å²) >= 11 is 0. The van der Waals surface area contributed by atoms with E-state index < -0.39 is 60.1 Å². The smallest absolute Gasteiger partial charge is 0.325 e. The fourth-order valence-electron chi connectivity index (χ4n) is 6.06. The van der Waals surface area contributed by atoms with Gasteiger partial charge in [-0.1, -0.05) is 25.0 Å². The molecule has 0 aliphatic carbocycles. The summed E-state index contributed by atoms with van der Waals surface area (Å²) in [5.41, 5.74) is 5.87. The summed E-state index contributed by atoms with van der Waals surface area (Å²) in [7, 11) is 1.19. The summed E-state index contributed by atoms with van der Waals surface area (Å²) in [6, 6.07) is -2.49. The third-order valence-corrected chi connectivity index (χ3v) is 7.98. The standard InChI is InChI=1S/C29H46N4O8/c1-18(34)40-25(27(37)31-16-23(35)39-4)21-14-12-10-8-6-5-7-9-11-13-20(30)28(38)33-17-22-19(15-29(2,3)41-22)24(33)26(36)32-21/h5-6,19-22,24-25H,7-17,30H2,1-4H3,(H,31,37)(H,32,36)/t19-,20-,21-,22-,24-,25?/m0/s1. The highest BCUT2D eigenvalue weighted by atomic mass is 16.5. The summed E-state index contributed by atoms with van der Waals surface area (Å²) in [4.78, 5) is 65.9. The molecule has 3 heterocycles. The molecule has 3 amide bonds. The Labute approximate surface area is 242 Å². The third kappa shape index (κ3) is 9.00. The van der Waals surface area contributed by atoms with Crippen LogP contribution in [0, 0.1) is 5.92 Å². The van der Waals surface area contributed by atoms with Crippen LogP contribution in [0.3, 0.4) is 0 Å². The molecule has 12 nitrogen and oxygen atoms in total. The van der Waals surface area contributed by atoms with Crippen molar-refractivity contribution in [3.63, 3.8) is 0 Å². The first-order chi connectivity index (χ1) is 19.4. The topological polar surface area (TPSA) is 166 Å². The van der Waals surface area contributed by atoms with E-state index in [1.165, 1.54) is 18.9 Å². The Bertz CT molecular complexity index is 999. The minimum Gasteiger partial charge on any atom is -0.468 e. The lowest BCUT2D eigenvalue weighted by Crippen LogP contribution is -2.58. The van der Waals surface area contributed by atoms with Crippen LogP contribution in [-0.4, -0.2) is 90.7 Å². The maximum atomic E-state index is 14.0. The van der Waals surface area contributed by atoms with E-state index in [2.05, 4.69) is 27.5 Å². The Kier molecular flexibility index (Phi) is 11.7. The molecule has 1 unspecified atom stereocenters. The molecule has 0 spiro atoms. The SMILES string of the molecule is COC(=O)CNC(=O)C(OC(C)=O)[C@@H]1CCCCC=CCCCC[C@H](N)C(=O)N2C[C@@H]3OC(C)(C)C[C@@H]3[C@H]2C(=O)N1. The second-order valence-electron chi connectivity index (χ2n) is 11.8. The molecule has 0 radical (unpaired) electrons. The average molecular weight is 579 g/mol. The first kappa shape index (κ1) is 32.5. The highest BCUT2D eigenvalue weighted by molar-refractivity contribution is 5.92. The number of ether oxygens (including phenoxy) is 3. The predicted molar refractivity (Wildman–Crippen MR) is 149 cm³/mol. The van der Waals surface area contributed by atoms with Gasteiger partial charge in [0.1, 0.15) is 12.6 Å². The quantitative estimate of drug-likeness (QED) is 0.320. The molecule has 0 saturated carbocycles. The van der Waals surface area contributed by atoms with Gasteiger partial charge in [-0.25, -0.2) is 0 Å². The molecule has 0 bridgehead atoms. The number of nitrogens with zero attached hydrogens (tertiary/aromatic N) is 1. The molecule has 3 aliphatic heterocycles. The molecule has 230 valence electrons. The van der Waals surface area contributed by atoms with Crippen LogP contribution >= 0.6 is 0 Å². The van der Waals surface area contributed by atoms with Crippen molar-refractivity contribution >= 4 is 29.7 Å². The molecule has 4 N–H and O–H groups in total. The van der Waals surface area contributed by atoms with Crippen LogP contribution in [0.5, 0.6) is 0 Å². The number of nitrogens with one attached hydrogen (secondary N) is 2. The number of amides is 3. The molecule has 12 heteroatoms. The lowest BCUT2D eigenvalue weighted by Gasteiger charge is -2.33. The summed E-state index contributed by atoms with van der Waals surface area (Å²) in [5.74, 6) is -3.12. The summed E-state index contributed by atoms with van der Waals surface area (Å²) < 4.78 is 16.2. The van der Waals surface area contributed by atoms with E-state index in [1.54, 1.807) is 0 Å². The predicted octanol–water partition coefficient (Wildman–Crippen LogP) is 1.10. The Morgan fingerprint density at radius 2 is 1.80 bits per heavy atom. The first-order valence-corrected chi connectivity index (χ1v) is 14.6. The van der Waals surface area contributed by atoms with Gasteiger partial charge in [0, 0.05) is 19.4 Å². The molecular formula is C29H46N4O8. The second kappa shape index (κ2) is 14.8. The highest BCUT2D eigenvalue weighted by Gasteiger charge is 2.56. The Morgan fingerprint density at radius 3 is 2.44 bits per heavy atom. The van der Waals surface area contributed by atoms with Gasteiger partial charge in [0.15, 0.2) is 6.10 Å². The maximum Gasteiger partial charge on any atom is 0.325 e. The zero-order valence-corrected chi connectivity index (χ0v) is 24.7. The number of allylic oxidation sites excluding steroid dienone is 2. The number of fused-ring (bicyclic) bond motifs is 3. The van der Waals surface area contributed by atoms with Crippen molar-refractivity contribution < 1.29 is 38.2 Å². The number of hydrogen-bond acceptors (Lipinski definition) is 9. The first-order valence-electron chi connectivity index (χ1n) is 14.6. The van der Waals surface area contributed by atoms with Gasteiger partial charge in [0.05, 0.1) is 30.9 Å². The van der Waals surface area contributed by atoms with Crippen molar-refractivity contribution in [3.05, 3.63) is 12.2 Å². The largest absolute Gasteiger partial charge is 0.468 e. The van der Waals surface area contributed by atoms with E-state index in [-0.39, 0.29) is 24.5 Å². The lowest BCUT2D eigenvalue weighted by atomic mass is 9.89. The number of methoxy groups -OCH3 is 1. The van der Waals surface area contributed by atoms with Crippen LogP contribution in [0.2, 0.25) is 0 Å². The van der Waals surface area contributed by atoms with E-state index in [1.807, 2.05) is 13.8 Å². The van der Waals surface area contributed by atoms with Crippen molar-refractivity contribution in [3.8, 4) is 0 Å². The van der Waals surface area contributed by atoms with Gasteiger partial charge in [0.25, 0.3) is 5.91 Å². The molecule has 2 fully saturated rings.